The third-order valence-electron chi connectivity index (χ3n) is 7.16. The monoisotopic (exact) mass is 413 g/mol. The number of amides is 2. The summed E-state index contributed by atoms with van der Waals surface area (Å²) in [7, 11) is 0. The molecule has 154 valence electrons. The Balaban J connectivity index is 1.29. The van der Waals surface area contributed by atoms with E-state index in [-0.39, 0.29) is 54.1 Å². The summed E-state index contributed by atoms with van der Waals surface area (Å²) in [6.07, 6.45) is 0.649. The first kappa shape index (κ1) is 18.1. The minimum absolute atomic E-state index is 0.00426. The van der Waals surface area contributed by atoms with Crippen LogP contribution in [0.1, 0.15) is 12.0 Å². The molecule has 2 aromatic carbocycles. The lowest BCUT2D eigenvalue weighted by atomic mass is 9.71. The van der Waals surface area contributed by atoms with Crippen molar-refractivity contribution in [1.82, 2.24) is 0 Å². The molecule has 0 unspecified atom stereocenters. The maximum atomic E-state index is 13.3. The minimum atomic E-state index is -0.324. The van der Waals surface area contributed by atoms with Crippen LogP contribution in [-0.2, 0) is 14.4 Å². The van der Waals surface area contributed by atoms with E-state index in [0.29, 0.717) is 11.4 Å². The summed E-state index contributed by atoms with van der Waals surface area (Å²) in [4.78, 5) is 33.8. The number of carbonyl (C=O) groups is 2. The van der Waals surface area contributed by atoms with Crippen molar-refractivity contribution in [3.8, 4) is 11.8 Å². The zero-order chi connectivity index (χ0) is 21.1. The van der Waals surface area contributed by atoms with E-state index < -0.39 is 0 Å². The fourth-order valence-electron chi connectivity index (χ4n) is 6.03. The summed E-state index contributed by atoms with van der Waals surface area (Å²) < 4.78 is 5.33. The number of hydrogen-bond donors (Lipinski definition) is 0. The third kappa shape index (κ3) is 2.48. The van der Waals surface area contributed by atoms with Crippen molar-refractivity contribution in [2.45, 2.75) is 12.5 Å². The highest BCUT2D eigenvalue weighted by Crippen LogP contribution is 2.62. The predicted octanol–water partition coefficient (Wildman–Crippen LogP) is 2.76. The molecule has 31 heavy (non-hydrogen) atoms. The van der Waals surface area contributed by atoms with Gasteiger partial charge in [-0.2, -0.15) is 5.26 Å². The topological polar surface area (TPSA) is 92.0 Å². The molecule has 4 aliphatic rings. The molecule has 0 radical (unpaired) electrons. The van der Waals surface area contributed by atoms with E-state index in [0.717, 1.165) is 17.7 Å². The normalized spacial score (nSPS) is 32.4. The van der Waals surface area contributed by atoms with Gasteiger partial charge in [0.05, 0.1) is 23.2 Å². The lowest BCUT2D eigenvalue weighted by Gasteiger charge is -2.29. The zero-order valence-electron chi connectivity index (χ0n) is 16.5. The maximum Gasteiger partial charge on any atom is 0.238 e. The molecule has 0 spiro atoms. The first-order valence-corrected chi connectivity index (χ1v) is 10.5. The zero-order valence-corrected chi connectivity index (χ0v) is 16.5. The fraction of sp³-hybridized carbons (Fsp3) is 0.333. The van der Waals surface area contributed by atoms with Gasteiger partial charge in [-0.15, -0.1) is 0 Å². The van der Waals surface area contributed by atoms with Crippen LogP contribution in [0.3, 0.4) is 0 Å². The van der Waals surface area contributed by atoms with Crippen LogP contribution in [0, 0.1) is 40.9 Å². The molecule has 3 fully saturated rings. The molecule has 6 rings (SSSR count). The highest BCUT2D eigenvalue weighted by Gasteiger charge is 2.70. The second-order valence-electron chi connectivity index (χ2n) is 8.51. The van der Waals surface area contributed by atoms with E-state index >= 15 is 0 Å². The van der Waals surface area contributed by atoms with Gasteiger partial charge in [-0.25, -0.2) is 0 Å². The Labute approximate surface area is 178 Å². The highest BCUT2D eigenvalue weighted by atomic mass is 16.6. The standard InChI is InChI=1S/C24H19N3O4/c25-10-11-30-15-8-6-13(7-9-15)21-20-16-12-17(22(20)31-26-21)19-18(16)23(28)27(24(19)29)14-4-2-1-3-5-14/h1-9,16-20,22H,11-12H2/t16-,17+,18+,19+,20+,22-/m1/s1. The van der Waals surface area contributed by atoms with Crippen LogP contribution in [0.4, 0.5) is 5.69 Å². The first-order chi connectivity index (χ1) is 15.2. The van der Waals surface area contributed by atoms with Crippen LogP contribution >= 0.6 is 0 Å². The molecule has 2 aliphatic heterocycles. The van der Waals surface area contributed by atoms with Crippen molar-refractivity contribution < 1.29 is 19.2 Å². The van der Waals surface area contributed by atoms with Crippen LogP contribution in [-0.4, -0.2) is 30.2 Å². The summed E-state index contributed by atoms with van der Waals surface area (Å²) in [6.45, 7) is -0.00498. The number of nitriles is 1. The van der Waals surface area contributed by atoms with Gasteiger partial charge in [0.25, 0.3) is 0 Å². The molecular formula is C24H19N3O4. The first-order valence-electron chi connectivity index (χ1n) is 10.5. The minimum Gasteiger partial charge on any atom is -0.479 e. The molecule has 2 aromatic rings. The van der Waals surface area contributed by atoms with Crippen molar-refractivity contribution in [2.24, 2.45) is 34.7 Å². The van der Waals surface area contributed by atoms with Gasteiger partial charge in [0.1, 0.15) is 17.9 Å². The van der Waals surface area contributed by atoms with Gasteiger partial charge in [-0.05, 0) is 48.7 Å². The number of hydrogen-bond acceptors (Lipinski definition) is 6. The van der Waals surface area contributed by atoms with Gasteiger partial charge >= 0.3 is 0 Å². The Morgan fingerprint density at radius 2 is 1.71 bits per heavy atom. The van der Waals surface area contributed by atoms with Gasteiger partial charge in [0.15, 0.2) is 6.61 Å². The number of rotatable bonds is 4. The van der Waals surface area contributed by atoms with Crippen molar-refractivity contribution in [3.63, 3.8) is 0 Å². The summed E-state index contributed by atoms with van der Waals surface area (Å²) in [5.74, 6) is -0.180. The molecular weight excluding hydrogens is 394 g/mol. The van der Waals surface area contributed by atoms with Crippen molar-refractivity contribution in [2.75, 3.05) is 11.5 Å². The molecule has 2 bridgehead atoms. The van der Waals surface area contributed by atoms with Gasteiger partial charge in [0, 0.05) is 17.4 Å². The van der Waals surface area contributed by atoms with Crippen LogP contribution in [0.25, 0.3) is 0 Å². The Morgan fingerprint density at radius 1 is 1.00 bits per heavy atom. The molecule has 0 aromatic heterocycles. The molecule has 2 heterocycles. The Kier molecular flexibility index (Phi) is 3.90. The maximum absolute atomic E-state index is 13.3. The largest absolute Gasteiger partial charge is 0.479 e. The predicted molar refractivity (Wildman–Crippen MR) is 110 cm³/mol. The molecule has 2 amide bonds. The van der Waals surface area contributed by atoms with Gasteiger partial charge < -0.3 is 9.57 Å². The summed E-state index contributed by atoms with van der Waals surface area (Å²) in [6, 6.07) is 18.5. The third-order valence-corrected chi connectivity index (χ3v) is 7.16. The Bertz CT molecular complexity index is 1140. The van der Waals surface area contributed by atoms with Gasteiger partial charge in [-0.3, -0.25) is 14.5 Å². The van der Waals surface area contributed by atoms with Crippen LogP contribution in [0.5, 0.6) is 5.75 Å². The second-order valence-corrected chi connectivity index (χ2v) is 8.51. The number of para-hydroxylation sites is 1. The SMILES string of the molecule is N#CCOc1ccc(C2=NO[C@@H]3[C@H]4C[C@@H]([C@@H]23)[C@@H]2C(=O)N(c3ccccc3)C(=O)[C@@H]42)cc1. The van der Waals surface area contributed by atoms with E-state index in [9.17, 15) is 9.59 Å². The smallest absolute Gasteiger partial charge is 0.238 e. The van der Waals surface area contributed by atoms with Crippen LogP contribution in [0.2, 0.25) is 0 Å². The number of anilines is 1. The molecule has 7 heteroatoms. The van der Waals surface area contributed by atoms with E-state index in [4.69, 9.17) is 14.8 Å². The summed E-state index contributed by atoms with van der Waals surface area (Å²) in [5, 5.41) is 13.0. The molecule has 6 atom stereocenters. The van der Waals surface area contributed by atoms with Gasteiger partial charge in [0.2, 0.25) is 11.8 Å². The quantitative estimate of drug-likeness (QED) is 0.719. The van der Waals surface area contributed by atoms with E-state index in [1.165, 1.54) is 4.90 Å². The molecule has 1 saturated heterocycles. The fourth-order valence-corrected chi connectivity index (χ4v) is 6.03. The molecule has 2 saturated carbocycles. The highest BCUT2D eigenvalue weighted by molar-refractivity contribution is 6.23. The number of carbonyl (C=O) groups excluding carboxylic acids is 2. The van der Waals surface area contributed by atoms with Crippen molar-refractivity contribution >= 4 is 23.2 Å². The molecule has 0 N–H and O–H groups in total. The second kappa shape index (κ2) is 6.67. The van der Waals surface area contributed by atoms with Gasteiger partial charge in [-0.1, -0.05) is 23.4 Å². The van der Waals surface area contributed by atoms with Crippen LogP contribution in [0.15, 0.2) is 59.8 Å². The lowest BCUT2D eigenvalue weighted by Crippen LogP contribution is -2.41. The number of oxime groups is 1. The number of ether oxygens (including phenoxy) is 1. The molecule has 2 aliphatic carbocycles. The number of fused-ring (bicyclic) bond motifs is 8. The lowest BCUT2D eigenvalue weighted by molar-refractivity contribution is -0.125. The van der Waals surface area contributed by atoms with Crippen molar-refractivity contribution in [1.29, 1.82) is 5.26 Å². The average molecular weight is 413 g/mol. The molecule has 7 nitrogen and oxygen atoms in total. The van der Waals surface area contributed by atoms with E-state index in [1.54, 1.807) is 24.3 Å². The Morgan fingerprint density at radius 3 is 2.42 bits per heavy atom. The number of nitrogens with zero attached hydrogens (tertiary/aromatic N) is 3. The van der Waals surface area contributed by atoms with E-state index in [1.807, 2.05) is 36.4 Å². The number of imide groups is 1. The average Bonchev–Trinajstić information content (AvgIpc) is 3.53. The summed E-state index contributed by atoms with van der Waals surface area (Å²) in [5.41, 5.74) is 2.39. The summed E-state index contributed by atoms with van der Waals surface area (Å²) >= 11 is 0. The van der Waals surface area contributed by atoms with Crippen LogP contribution < -0.4 is 9.64 Å². The number of benzene rings is 2. The Hall–Kier alpha value is -3.66. The van der Waals surface area contributed by atoms with E-state index in [2.05, 4.69) is 5.16 Å². The van der Waals surface area contributed by atoms with Crippen molar-refractivity contribution in [3.05, 3.63) is 60.2 Å².